The summed E-state index contributed by atoms with van der Waals surface area (Å²) in [5.41, 5.74) is 3.90. The molecule has 0 aliphatic rings. The largest absolute Gasteiger partial charge is 0.493 e. The van der Waals surface area contributed by atoms with Gasteiger partial charge in [-0.1, -0.05) is 56.2 Å². The molecule has 1 N–H and O–H groups in total. The van der Waals surface area contributed by atoms with Crippen LogP contribution in [-0.2, 0) is 26.2 Å². The average molecular weight is 624 g/mol. The maximum absolute atomic E-state index is 14.3. The molecule has 0 aliphatic carbocycles. The summed E-state index contributed by atoms with van der Waals surface area (Å²) in [5, 5.41) is 2.96. The molecule has 0 spiro atoms. The Morgan fingerprint density at radius 1 is 0.864 bits per heavy atom. The lowest BCUT2D eigenvalue weighted by molar-refractivity contribution is -0.140. The van der Waals surface area contributed by atoms with Crippen molar-refractivity contribution in [2.75, 3.05) is 31.6 Å². The second-order valence-corrected chi connectivity index (χ2v) is 12.8. The highest BCUT2D eigenvalue weighted by molar-refractivity contribution is 7.92. The average Bonchev–Trinajstić information content (AvgIpc) is 2.98. The number of benzene rings is 3. The molecule has 0 aromatic heterocycles. The van der Waals surface area contributed by atoms with E-state index in [0.29, 0.717) is 24.4 Å². The number of aryl methyl sites for hydroxylation is 3. The molecule has 3 aromatic carbocycles. The maximum atomic E-state index is 14.3. The third kappa shape index (κ3) is 8.53. The highest BCUT2D eigenvalue weighted by atomic mass is 32.2. The predicted octanol–water partition coefficient (Wildman–Crippen LogP) is 5.55. The van der Waals surface area contributed by atoms with Gasteiger partial charge in [0.2, 0.25) is 11.8 Å². The van der Waals surface area contributed by atoms with Gasteiger partial charge in [0.25, 0.3) is 10.0 Å². The van der Waals surface area contributed by atoms with E-state index in [1.54, 1.807) is 12.1 Å². The van der Waals surface area contributed by atoms with Gasteiger partial charge in [-0.2, -0.15) is 0 Å². The Balaban J connectivity index is 2.12. The van der Waals surface area contributed by atoms with Crippen molar-refractivity contribution in [3.63, 3.8) is 0 Å². The number of carbonyl (C=O) groups excluding carboxylic acids is 2. The summed E-state index contributed by atoms with van der Waals surface area (Å²) < 4.78 is 40.4. The van der Waals surface area contributed by atoms with Crippen molar-refractivity contribution in [1.29, 1.82) is 0 Å². The van der Waals surface area contributed by atoms with E-state index in [0.717, 1.165) is 39.4 Å². The molecule has 3 rings (SSSR count). The SMILES string of the molecule is CCCCNC(=O)C(CC)N(Cc1cccc(C)c1)C(=O)CN(c1cc(C)cc(C)c1)S(=O)(=O)c1ccc(OC)c(OC)c1. The lowest BCUT2D eigenvalue weighted by Gasteiger charge is -2.33. The van der Waals surface area contributed by atoms with Crippen molar-refractivity contribution in [2.45, 2.75) is 71.4 Å². The molecule has 0 saturated carbocycles. The predicted molar refractivity (Wildman–Crippen MR) is 174 cm³/mol. The lowest BCUT2D eigenvalue weighted by Crippen LogP contribution is -2.52. The van der Waals surface area contributed by atoms with E-state index in [-0.39, 0.29) is 23.1 Å². The summed E-state index contributed by atoms with van der Waals surface area (Å²) in [6.45, 7) is 9.73. The standard InChI is InChI=1S/C34H45N3O6S/c1-8-10-16-35-34(39)30(9-2)36(22-27-13-11-12-24(3)18-27)33(38)23-37(28-19-25(4)17-26(5)20-28)44(40,41)29-14-15-31(42-6)32(21-29)43-7/h11-15,17-21,30H,8-10,16,22-23H2,1-7H3,(H,35,39). The third-order valence-corrected chi connectivity index (χ3v) is 9.14. The van der Waals surface area contributed by atoms with Crippen molar-refractivity contribution < 1.29 is 27.5 Å². The van der Waals surface area contributed by atoms with Gasteiger partial charge in [-0.15, -0.1) is 0 Å². The highest BCUT2D eigenvalue weighted by Gasteiger charge is 2.34. The van der Waals surface area contributed by atoms with Crippen LogP contribution in [0.5, 0.6) is 11.5 Å². The summed E-state index contributed by atoms with van der Waals surface area (Å²) in [4.78, 5) is 29.1. The fourth-order valence-corrected chi connectivity index (χ4v) is 6.57. The molecule has 1 unspecified atom stereocenters. The number of sulfonamides is 1. The highest BCUT2D eigenvalue weighted by Crippen LogP contribution is 2.33. The Hall–Kier alpha value is -4.05. The van der Waals surface area contributed by atoms with Gasteiger partial charge in [-0.25, -0.2) is 8.42 Å². The number of methoxy groups -OCH3 is 2. The van der Waals surface area contributed by atoms with Gasteiger partial charge >= 0.3 is 0 Å². The number of hydrogen-bond donors (Lipinski definition) is 1. The molecular weight excluding hydrogens is 578 g/mol. The van der Waals surface area contributed by atoms with Crippen molar-refractivity contribution in [2.24, 2.45) is 0 Å². The Kier molecular flexibility index (Phi) is 12.2. The molecule has 0 aliphatic heterocycles. The first-order valence-corrected chi connectivity index (χ1v) is 16.3. The summed E-state index contributed by atoms with van der Waals surface area (Å²) in [6.07, 6.45) is 2.10. The first kappa shape index (κ1) is 34.4. The van der Waals surface area contributed by atoms with Gasteiger partial charge in [-0.05, 0) is 74.6 Å². The van der Waals surface area contributed by atoms with Crippen LogP contribution in [-0.4, -0.2) is 58.5 Å². The molecule has 0 bridgehead atoms. The number of nitrogens with one attached hydrogen (secondary N) is 1. The van der Waals surface area contributed by atoms with Gasteiger partial charge in [0.1, 0.15) is 12.6 Å². The number of nitrogens with zero attached hydrogens (tertiary/aromatic N) is 2. The fraction of sp³-hybridized carbons (Fsp3) is 0.412. The Morgan fingerprint density at radius 2 is 1.55 bits per heavy atom. The molecule has 3 aromatic rings. The van der Waals surface area contributed by atoms with Crippen LogP contribution in [0.15, 0.2) is 65.6 Å². The first-order chi connectivity index (χ1) is 20.9. The molecule has 0 saturated heterocycles. The zero-order valence-corrected chi connectivity index (χ0v) is 27.7. The minimum atomic E-state index is -4.27. The molecule has 0 fully saturated rings. The van der Waals surface area contributed by atoms with Crippen molar-refractivity contribution in [3.05, 3.63) is 82.9 Å². The minimum absolute atomic E-state index is 0.0586. The van der Waals surface area contributed by atoms with Crippen LogP contribution < -0.4 is 19.1 Å². The summed E-state index contributed by atoms with van der Waals surface area (Å²) in [5.74, 6) is -0.129. The molecule has 0 heterocycles. The van der Waals surface area contributed by atoms with Crippen LogP contribution in [0.2, 0.25) is 0 Å². The Labute approximate surface area is 262 Å². The van der Waals surface area contributed by atoms with Crippen molar-refractivity contribution in [1.82, 2.24) is 10.2 Å². The Bertz CT molecular complexity index is 1540. The third-order valence-electron chi connectivity index (χ3n) is 7.37. The normalized spacial score (nSPS) is 11.9. The second kappa shape index (κ2) is 15.6. The van der Waals surface area contributed by atoms with Gasteiger partial charge in [0, 0.05) is 19.2 Å². The number of unbranched alkanes of at least 4 members (excludes halogenated alkanes) is 1. The number of hydrogen-bond acceptors (Lipinski definition) is 6. The van der Waals surface area contributed by atoms with Crippen LogP contribution in [0.3, 0.4) is 0 Å². The van der Waals surface area contributed by atoms with Gasteiger partial charge in [0.15, 0.2) is 11.5 Å². The van der Waals surface area contributed by atoms with Crippen molar-refractivity contribution >= 4 is 27.5 Å². The van der Waals surface area contributed by atoms with Gasteiger partial charge < -0.3 is 19.7 Å². The molecule has 2 amide bonds. The quantitative estimate of drug-likeness (QED) is 0.223. The van der Waals surface area contributed by atoms with E-state index in [4.69, 9.17) is 9.47 Å². The van der Waals surface area contributed by atoms with Crippen molar-refractivity contribution in [3.8, 4) is 11.5 Å². The van der Waals surface area contributed by atoms with Gasteiger partial charge in [-0.3, -0.25) is 13.9 Å². The number of ether oxygens (including phenoxy) is 2. The molecular formula is C34H45N3O6S. The number of rotatable bonds is 15. The molecule has 44 heavy (non-hydrogen) atoms. The molecule has 10 heteroatoms. The summed E-state index contributed by atoms with van der Waals surface area (Å²) in [7, 11) is -1.37. The molecule has 1 atom stereocenters. The maximum Gasteiger partial charge on any atom is 0.264 e. The number of anilines is 1. The van der Waals surface area contributed by atoms with Crippen LogP contribution in [0.25, 0.3) is 0 Å². The number of amides is 2. The van der Waals surface area contributed by atoms with Crippen LogP contribution in [0.4, 0.5) is 5.69 Å². The van der Waals surface area contributed by atoms with Crippen LogP contribution in [0.1, 0.15) is 55.4 Å². The van der Waals surface area contributed by atoms with E-state index in [1.165, 1.54) is 37.3 Å². The van der Waals surface area contributed by atoms with Crippen LogP contribution in [0, 0.1) is 20.8 Å². The van der Waals surface area contributed by atoms with E-state index in [9.17, 15) is 18.0 Å². The monoisotopic (exact) mass is 623 g/mol. The topological polar surface area (TPSA) is 105 Å². The zero-order chi connectivity index (χ0) is 32.4. The Morgan fingerprint density at radius 3 is 2.14 bits per heavy atom. The number of carbonyl (C=O) groups is 2. The molecule has 0 radical (unpaired) electrons. The van der Waals surface area contributed by atoms with Crippen LogP contribution >= 0.6 is 0 Å². The van der Waals surface area contributed by atoms with E-state index >= 15 is 0 Å². The van der Waals surface area contributed by atoms with Gasteiger partial charge in [0.05, 0.1) is 24.8 Å². The molecule has 9 nitrogen and oxygen atoms in total. The van der Waals surface area contributed by atoms with E-state index in [2.05, 4.69) is 5.32 Å². The summed E-state index contributed by atoms with van der Waals surface area (Å²) in [6, 6.07) is 16.7. The zero-order valence-electron chi connectivity index (χ0n) is 26.8. The smallest absolute Gasteiger partial charge is 0.264 e. The van der Waals surface area contributed by atoms with E-state index in [1.807, 2.05) is 65.0 Å². The fourth-order valence-electron chi connectivity index (χ4n) is 5.16. The lowest BCUT2D eigenvalue weighted by atomic mass is 10.1. The minimum Gasteiger partial charge on any atom is -0.493 e. The first-order valence-electron chi connectivity index (χ1n) is 14.9. The second-order valence-electron chi connectivity index (χ2n) is 11.0. The summed E-state index contributed by atoms with van der Waals surface area (Å²) >= 11 is 0. The van der Waals surface area contributed by atoms with E-state index < -0.39 is 28.5 Å². The molecule has 238 valence electrons.